The smallest absolute Gasteiger partial charge is 0.0142 e. The molecule has 0 spiro atoms. The van der Waals surface area contributed by atoms with Gasteiger partial charge in [-0.15, -0.1) is 0 Å². The van der Waals surface area contributed by atoms with Gasteiger partial charge in [0.1, 0.15) is 0 Å². The van der Waals surface area contributed by atoms with Crippen molar-refractivity contribution in [1.29, 1.82) is 0 Å². The molecule has 0 aromatic heterocycles. The van der Waals surface area contributed by atoms with Gasteiger partial charge in [0, 0.05) is 11.8 Å². The molecular weight excluding hydrogens is 130 g/mol. The van der Waals surface area contributed by atoms with E-state index in [0.29, 0.717) is 5.25 Å². The molecule has 2 heteroatoms. The minimum atomic E-state index is 0.632. The highest BCUT2D eigenvalue weighted by molar-refractivity contribution is 7.99. The minimum absolute atomic E-state index is 0.632. The molecular formula is C7H17NS. The van der Waals surface area contributed by atoms with Crippen molar-refractivity contribution in [2.75, 3.05) is 12.3 Å². The highest BCUT2D eigenvalue weighted by atomic mass is 32.2. The zero-order valence-electron chi connectivity index (χ0n) is 6.55. The summed E-state index contributed by atoms with van der Waals surface area (Å²) in [5.74, 6) is 2.03. The van der Waals surface area contributed by atoms with Crippen molar-refractivity contribution in [3.63, 3.8) is 0 Å². The van der Waals surface area contributed by atoms with Gasteiger partial charge in [-0.1, -0.05) is 20.8 Å². The lowest BCUT2D eigenvalue weighted by molar-refractivity contribution is 0.747. The molecule has 1 unspecified atom stereocenters. The second-order valence-corrected chi connectivity index (χ2v) is 4.24. The van der Waals surface area contributed by atoms with Crippen LogP contribution in [0.2, 0.25) is 0 Å². The Bertz CT molecular complexity index is 63.9. The van der Waals surface area contributed by atoms with E-state index in [2.05, 4.69) is 20.8 Å². The predicted molar refractivity (Wildman–Crippen MR) is 45.8 cm³/mol. The van der Waals surface area contributed by atoms with Gasteiger partial charge in [0.25, 0.3) is 0 Å². The van der Waals surface area contributed by atoms with Crippen LogP contribution in [0.25, 0.3) is 0 Å². The molecule has 0 saturated heterocycles. The summed E-state index contributed by atoms with van der Waals surface area (Å²) in [5.41, 5.74) is 5.44. The van der Waals surface area contributed by atoms with E-state index >= 15 is 0 Å². The molecule has 0 fully saturated rings. The highest BCUT2D eigenvalue weighted by Gasteiger charge is 1.99. The number of thioether (sulfide) groups is 1. The van der Waals surface area contributed by atoms with E-state index in [1.54, 1.807) is 0 Å². The van der Waals surface area contributed by atoms with Crippen LogP contribution in [0.4, 0.5) is 0 Å². The summed E-state index contributed by atoms with van der Waals surface area (Å²) in [6.07, 6.45) is 0. The third-order valence-corrected chi connectivity index (χ3v) is 2.67. The molecule has 0 amide bonds. The summed E-state index contributed by atoms with van der Waals surface area (Å²) in [6.45, 7) is 7.44. The first-order valence-electron chi connectivity index (χ1n) is 3.48. The van der Waals surface area contributed by atoms with Crippen LogP contribution in [-0.4, -0.2) is 17.5 Å². The highest BCUT2D eigenvalue weighted by Crippen LogP contribution is 2.12. The van der Waals surface area contributed by atoms with Gasteiger partial charge in [-0.3, -0.25) is 0 Å². The van der Waals surface area contributed by atoms with Crippen LogP contribution in [0.1, 0.15) is 20.8 Å². The number of hydrogen-bond donors (Lipinski definition) is 1. The van der Waals surface area contributed by atoms with Crippen molar-refractivity contribution >= 4 is 11.8 Å². The summed E-state index contributed by atoms with van der Waals surface area (Å²) >= 11 is 1.96. The quantitative estimate of drug-likeness (QED) is 0.655. The van der Waals surface area contributed by atoms with Gasteiger partial charge in [0.15, 0.2) is 0 Å². The second-order valence-electron chi connectivity index (χ2n) is 2.77. The molecule has 9 heavy (non-hydrogen) atoms. The van der Waals surface area contributed by atoms with E-state index in [-0.39, 0.29) is 0 Å². The summed E-state index contributed by atoms with van der Waals surface area (Å²) in [6, 6.07) is 0. The second kappa shape index (κ2) is 5.12. The SMILES string of the molecule is CC(C)CSC(C)CN. The van der Waals surface area contributed by atoms with Crippen molar-refractivity contribution in [3.8, 4) is 0 Å². The molecule has 1 atom stereocenters. The average molecular weight is 147 g/mol. The Kier molecular flexibility index (Phi) is 5.30. The third kappa shape index (κ3) is 6.19. The van der Waals surface area contributed by atoms with Gasteiger partial charge >= 0.3 is 0 Å². The van der Waals surface area contributed by atoms with Crippen LogP contribution in [0.5, 0.6) is 0 Å². The molecule has 0 radical (unpaired) electrons. The van der Waals surface area contributed by atoms with Gasteiger partial charge in [0.05, 0.1) is 0 Å². The Labute approximate surface area is 62.4 Å². The summed E-state index contributed by atoms with van der Waals surface area (Å²) < 4.78 is 0. The van der Waals surface area contributed by atoms with E-state index in [0.717, 1.165) is 12.5 Å². The zero-order valence-corrected chi connectivity index (χ0v) is 7.37. The fourth-order valence-electron chi connectivity index (χ4n) is 0.425. The molecule has 2 N–H and O–H groups in total. The lowest BCUT2D eigenvalue weighted by Gasteiger charge is -2.09. The summed E-state index contributed by atoms with van der Waals surface area (Å²) in [7, 11) is 0. The van der Waals surface area contributed by atoms with Crippen LogP contribution in [-0.2, 0) is 0 Å². The van der Waals surface area contributed by atoms with Gasteiger partial charge < -0.3 is 5.73 Å². The maximum absolute atomic E-state index is 5.44. The molecule has 0 aliphatic carbocycles. The number of nitrogens with two attached hydrogens (primary N) is 1. The Morgan fingerprint density at radius 1 is 1.33 bits per heavy atom. The van der Waals surface area contributed by atoms with Gasteiger partial charge in [-0.05, 0) is 11.7 Å². The molecule has 0 aliphatic heterocycles. The Balaban J connectivity index is 3.06. The number of hydrogen-bond acceptors (Lipinski definition) is 2. The zero-order chi connectivity index (χ0) is 7.28. The minimum Gasteiger partial charge on any atom is -0.329 e. The monoisotopic (exact) mass is 147 g/mol. The molecule has 0 heterocycles. The first-order valence-corrected chi connectivity index (χ1v) is 4.53. The van der Waals surface area contributed by atoms with Gasteiger partial charge in [-0.2, -0.15) is 11.8 Å². The first-order chi connectivity index (χ1) is 4.16. The van der Waals surface area contributed by atoms with Crippen LogP contribution >= 0.6 is 11.8 Å². The molecule has 0 aromatic carbocycles. The van der Waals surface area contributed by atoms with Gasteiger partial charge in [-0.25, -0.2) is 0 Å². The predicted octanol–water partition coefficient (Wildman–Crippen LogP) is 1.72. The Morgan fingerprint density at radius 2 is 1.89 bits per heavy atom. The van der Waals surface area contributed by atoms with E-state index < -0.39 is 0 Å². The molecule has 0 rings (SSSR count). The summed E-state index contributed by atoms with van der Waals surface area (Å²) in [4.78, 5) is 0. The van der Waals surface area contributed by atoms with E-state index in [9.17, 15) is 0 Å². The molecule has 0 bridgehead atoms. The van der Waals surface area contributed by atoms with Crippen LogP contribution in [0, 0.1) is 5.92 Å². The van der Waals surface area contributed by atoms with E-state index in [1.165, 1.54) is 5.75 Å². The van der Waals surface area contributed by atoms with Crippen molar-refractivity contribution in [2.45, 2.75) is 26.0 Å². The summed E-state index contributed by atoms with van der Waals surface area (Å²) in [5, 5.41) is 0.632. The normalized spacial score (nSPS) is 14.3. The molecule has 56 valence electrons. The van der Waals surface area contributed by atoms with E-state index in [4.69, 9.17) is 5.73 Å². The molecule has 1 nitrogen and oxygen atoms in total. The van der Waals surface area contributed by atoms with Crippen LogP contribution in [0.15, 0.2) is 0 Å². The van der Waals surface area contributed by atoms with Crippen molar-refractivity contribution in [2.24, 2.45) is 11.7 Å². The Morgan fingerprint density at radius 3 is 2.22 bits per heavy atom. The maximum atomic E-state index is 5.44. The van der Waals surface area contributed by atoms with Crippen LogP contribution in [0.3, 0.4) is 0 Å². The first kappa shape index (κ1) is 9.31. The molecule has 0 aromatic rings. The van der Waals surface area contributed by atoms with Crippen molar-refractivity contribution in [1.82, 2.24) is 0 Å². The largest absolute Gasteiger partial charge is 0.329 e. The topological polar surface area (TPSA) is 26.0 Å². The van der Waals surface area contributed by atoms with E-state index in [1.807, 2.05) is 11.8 Å². The fourth-order valence-corrected chi connectivity index (χ4v) is 1.27. The molecule has 0 saturated carbocycles. The lowest BCUT2D eigenvalue weighted by Crippen LogP contribution is -2.13. The lowest BCUT2D eigenvalue weighted by atomic mass is 10.3. The van der Waals surface area contributed by atoms with Crippen molar-refractivity contribution < 1.29 is 0 Å². The number of rotatable bonds is 4. The standard InChI is InChI=1S/C7H17NS/c1-6(2)5-9-7(3)4-8/h6-7H,4-5,8H2,1-3H3. The average Bonchev–Trinajstić information content (AvgIpc) is 1.83. The van der Waals surface area contributed by atoms with Crippen LogP contribution < -0.4 is 5.73 Å². The fraction of sp³-hybridized carbons (Fsp3) is 1.00. The Hall–Kier alpha value is 0.310. The van der Waals surface area contributed by atoms with Crippen molar-refractivity contribution in [3.05, 3.63) is 0 Å². The van der Waals surface area contributed by atoms with Gasteiger partial charge in [0.2, 0.25) is 0 Å². The molecule has 0 aliphatic rings. The maximum Gasteiger partial charge on any atom is 0.0142 e. The third-order valence-electron chi connectivity index (χ3n) is 1.05.